The van der Waals surface area contributed by atoms with Crippen molar-refractivity contribution in [3.63, 3.8) is 0 Å². The lowest BCUT2D eigenvalue weighted by molar-refractivity contribution is -0.0620. The molecule has 0 radical (unpaired) electrons. The number of hydrogen-bond acceptors (Lipinski definition) is 2. The molecule has 0 spiro atoms. The lowest BCUT2D eigenvalue weighted by Crippen LogP contribution is -2.37. The first-order valence-corrected chi connectivity index (χ1v) is 9.87. The molecule has 0 fully saturated rings. The zero-order chi connectivity index (χ0) is 19.2. The molecule has 0 unspecified atom stereocenters. The van der Waals surface area contributed by atoms with E-state index in [1.807, 2.05) is 18.2 Å². The van der Waals surface area contributed by atoms with E-state index in [0.29, 0.717) is 13.2 Å². The maximum Gasteiger partial charge on any atom is 0.143 e. The van der Waals surface area contributed by atoms with Crippen LogP contribution in [0.15, 0.2) is 103 Å². The molecule has 0 aromatic heterocycles. The third-order valence-corrected chi connectivity index (χ3v) is 5.34. The van der Waals surface area contributed by atoms with Crippen LogP contribution >= 0.6 is 0 Å². The molecule has 2 heteroatoms. The van der Waals surface area contributed by atoms with Gasteiger partial charge in [0.2, 0.25) is 0 Å². The highest BCUT2D eigenvalue weighted by molar-refractivity contribution is 5.47. The maximum absolute atomic E-state index is 6.82. The van der Waals surface area contributed by atoms with Crippen LogP contribution in [0.2, 0.25) is 0 Å². The molecule has 1 aliphatic heterocycles. The smallest absolute Gasteiger partial charge is 0.143 e. The van der Waals surface area contributed by atoms with Crippen molar-refractivity contribution in [2.24, 2.45) is 0 Å². The van der Waals surface area contributed by atoms with E-state index in [2.05, 4.69) is 85.8 Å². The Morgan fingerprint density at radius 1 is 0.786 bits per heavy atom. The van der Waals surface area contributed by atoms with Gasteiger partial charge in [0.1, 0.15) is 5.60 Å². The Bertz CT molecular complexity index is 804. The fourth-order valence-corrected chi connectivity index (χ4v) is 3.92. The molecular weight excluding hydrogens is 344 g/mol. The van der Waals surface area contributed by atoms with E-state index < -0.39 is 5.60 Å². The van der Waals surface area contributed by atoms with Crippen LogP contribution in [0.1, 0.15) is 30.0 Å². The summed E-state index contributed by atoms with van der Waals surface area (Å²) in [5.74, 6) is 0. The molecule has 3 aromatic carbocycles. The molecule has 0 amide bonds. The van der Waals surface area contributed by atoms with Gasteiger partial charge in [-0.3, -0.25) is 0 Å². The maximum atomic E-state index is 6.82. The van der Waals surface area contributed by atoms with Crippen LogP contribution in [0.5, 0.6) is 0 Å². The van der Waals surface area contributed by atoms with Crippen molar-refractivity contribution in [2.45, 2.75) is 25.0 Å². The molecule has 1 atom stereocenters. The molecule has 1 heterocycles. The number of hydrogen-bond donors (Lipinski definition) is 0. The van der Waals surface area contributed by atoms with Crippen molar-refractivity contribution in [2.75, 3.05) is 13.2 Å². The number of rotatable bonds is 6. The molecular formula is C26H26O2. The Balaban J connectivity index is 1.80. The molecule has 1 aliphatic rings. The summed E-state index contributed by atoms with van der Waals surface area (Å²) < 4.78 is 12.8. The van der Waals surface area contributed by atoms with Crippen molar-refractivity contribution < 1.29 is 9.47 Å². The lowest BCUT2D eigenvalue weighted by Gasteiger charge is -2.37. The molecule has 3 aromatic rings. The Morgan fingerprint density at radius 2 is 1.25 bits per heavy atom. The van der Waals surface area contributed by atoms with Gasteiger partial charge in [-0.25, -0.2) is 0 Å². The summed E-state index contributed by atoms with van der Waals surface area (Å²) in [6.07, 6.45) is 3.13. The molecule has 0 saturated heterocycles. The molecule has 0 aliphatic carbocycles. The van der Waals surface area contributed by atoms with Gasteiger partial charge in [0.25, 0.3) is 0 Å². The van der Waals surface area contributed by atoms with Crippen molar-refractivity contribution in [3.05, 3.63) is 119 Å². The third-order valence-electron chi connectivity index (χ3n) is 5.34. The molecule has 2 nitrogen and oxygen atoms in total. The summed E-state index contributed by atoms with van der Waals surface area (Å²) in [6, 6.07) is 31.4. The van der Waals surface area contributed by atoms with E-state index in [1.54, 1.807) is 0 Å². The highest BCUT2D eigenvalue weighted by atomic mass is 16.5. The molecule has 28 heavy (non-hydrogen) atoms. The van der Waals surface area contributed by atoms with Gasteiger partial charge in [-0.1, -0.05) is 103 Å². The summed E-state index contributed by atoms with van der Waals surface area (Å²) in [4.78, 5) is 0. The highest BCUT2D eigenvalue weighted by Crippen LogP contribution is 2.40. The summed E-state index contributed by atoms with van der Waals surface area (Å²) >= 11 is 0. The van der Waals surface area contributed by atoms with E-state index in [-0.39, 0.29) is 6.10 Å². The van der Waals surface area contributed by atoms with Gasteiger partial charge >= 0.3 is 0 Å². The van der Waals surface area contributed by atoms with Gasteiger partial charge < -0.3 is 9.47 Å². The predicted molar refractivity (Wildman–Crippen MR) is 113 cm³/mol. The number of benzene rings is 3. The SMILES string of the molecule is CC1=CCO[C@H](COC(c2ccccc2)(c2ccccc2)c2ccccc2)C1. The second kappa shape index (κ2) is 8.55. The van der Waals surface area contributed by atoms with Gasteiger partial charge in [-0.15, -0.1) is 0 Å². The second-order valence-electron chi connectivity index (χ2n) is 7.30. The van der Waals surface area contributed by atoms with Crippen molar-refractivity contribution >= 4 is 0 Å². The van der Waals surface area contributed by atoms with E-state index >= 15 is 0 Å². The van der Waals surface area contributed by atoms with Crippen LogP contribution in [-0.4, -0.2) is 19.3 Å². The zero-order valence-corrected chi connectivity index (χ0v) is 16.3. The van der Waals surface area contributed by atoms with Crippen LogP contribution in [0.3, 0.4) is 0 Å². The molecule has 4 rings (SSSR count). The van der Waals surface area contributed by atoms with E-state index in [1.165, 1.54) is 5.57 Å². The van der Waals surface area contributed by atoms with E-state index in [0.717, 1.165) is 23.1 Å². The van der Waals surface area contributed by atoms with Gasteiger partial charge in [0, 0.05) is 0 Å². The average Bonchev–Trinajstić information content (AvgIpc) is 2.77. The van der Waals surface area contributed by atoms with Gasteiger partial charge in [0.05, 0.1) is 19.3 Å². The Hall–Kier alpha value is -2.68. The third kappa shape index (κ3) is 3.80. The Kier molecular flexibility index (Phi) is 5.70. The molecule has 0 bridgehead atoms. The zero-order valence-electron chi connectivity index (χ0n) is 16.3. The predicted octanol–water partition coefficient (Wildman–Crippen LogP) is 5.73. The molecule has 0 N–H and O–H groups in total. The summed E-state index contributed by atoms with van der Waals surface area (Å²) in [7, 11) is 0. The van der Waals surface area contributed by atoms with Crippen molar-refractivity contribution in [1.29, 1.82) is 0 Å². The normalized spacial score (nSPS) is 17.2. The second-order valence-corrected chi connectivity index (χ2v) is 7.30. The monoisotopic (exact) mass is 370 g/mol. The van der Waals surface area contributed by atoms with E-state index in [4.69, 9.17) is 9.47 Å². The first-order chi connectivity index (χ1) is 13.8. The lowest BCUT2D eigenvalue weighted by atomic mass is 9.80. The van der Waals surface area contributed by atoms with Crippen molar-refractivity contribution in [3.8, 4) is 0 Å². The van der Waals surface area contributed by atoms with Crippen LogP contribution < -0.4 is 0 Å². The van der Waals surface area contributed by atoms with Crippen molar-refractivity contribution in [1.82, 2.24) is 0 Å². The first kappa shape index (κ1) is 18.7. The minimum absolute atomic E-state index is 0.0699. The largest absolute Gasteiger partial charge is 0.371 e. The first-order valence-electron chi connectivity index (χ1n) is 9.87. The molecule has 0 saturated carbocycles. The van der Waals surface area contributed by atoms with Crippen LogP contribution in [0.4, 0.5) is 0 Å². The summed E-state index contributed by atoms with van der Waals surface area (Å²) in [5.41, 5.74) is 4.05. The van der Waals surface area contributed by atoms with Gasteiger partial charge in [-0.2, -0.15) is 0 Å². The van der Waals surface area contributed by atoms with Crippen LogP contribution in [0.25, 0.3) is 0 Å². The topological polar surface area (TPSA) is 18.5 Å². The van der Waals surface area contributed by atoms with Crippen LogP contribution in [-0.2, 0) is 15.1 Å². The highest BCUT2D eigenvalue weighted by Gasteiger charge is 2.38. The average molecular weight is 370 g/mol. The van der Waals surface area contributed by atoms with Crippen LogP contribution in [0, 0.1) is 0 Å². The fourth-order valence-electron chi connectivity index (χ4n) is 3.92. The summed E-state index contributed by atoms with van der Waals surface area (Å²) in [6.45, 7) is 3.35. The summed E-state index contributed by atoms with van der Waals surface area (Å²) in [5, 5.41) is 0. The Morgan fingerprint density at radius 3 is 1.68 bits per heavy atom. The minimum Gasteiger partial charge on any atom is -0.371 e. The minimum atomic E-state index is -0.678. The standard InChI is InChI=1S/C26H26O2/c1-21-17-18-27-25(19-21)20-28-26(22-11-5-2-6-12-22,23-13-7-3-8-14-23)24-15-9-4-10-16-24/h2-17,25H,18-20H2,1H3/t25-/m0/s1. The Labute approximate surface area is 167 Å². The quantitative estimate of drug-likeness (QED) is 0.407. The van der Waals surface area contributed by atoms with Gasteiger partial charge in [-0.05, 0) is 30.0 Å². The van der Waals surface area contributed by atoms with Gasteiger partial charge in [0.15, 0.2) is 0 Å². The van der Waals surface area contributed by atoms with E-state index in [9.17, 15) is 0 Å². The number of ether oxygens (including phenoxy) is 2. The fraction of sp³-hybridized carbons (Fsp3) is 0.231. The molecule has 142 valence electrons.